The zero-order valence-corrected chi connectivity index (χ0v) is 19.4. The summed E-state index contributed by atoms with van der Waals surface area (Å²) in [5.41, 5.74) is 1.80. The molecular weight excluding hydrogens is 444 g/mol. The predicted molar refractivity (Wildman–Crippen MR) is 123 cm³/mol. The summed E-state index contributed by atoms with van der Waals surface area (Å²) in [5, 5.41) is 5.38. The van der Waals surface area contributed by atoms with Crippen molar-refractivity contribution >= 4 is 23.2 Å². The lowest BCUT2D eigenvalue weighted by atomic mass is 10.1. The SMILES string of the molecule is COc1ccc(CC(=O)N2CCCN2C(=O)c2csc(-c3cccnc3)n2)c(OC)c1OC. The van der Waals surface area contributed by atoms with Gasteiger partial charge in [-0.1, -0.05) is 6.07 Å². The summed E-state index contributed by atoms with van der Waals surface area (Å²) < 4.78 is 16.2. The molecule has 0 spiro atoms. The van der Waals surface area contributed by atoms with Crippen molar-refractivity contribution in [3.8, 4) is 27.8 Å². The van der Waals surface area contributed by atoms with Crippen molar-refractivity contribution in [1.82, 2.24) is 20.0 Å². The first-order chi connectivity index (χ1) is 16.1. The standard InChI is InChI=1S/C23H24N4O5S/c1-30-18-8-7-15(20(31-2)21(18)32-3)12-19(28)26-10-5-11-27(26)23(29)17-14-33-22(25-17)16-6-4-9-24-13-16/h4,6-9,13-14H,5,10-12H2,1-3H3. The van der Waals surface area contributed by atoms with E-state index in [1.165, 1.54) is 42.7 Å². The van der Waals surface area contributed by atoms with Crippen molar-refractivity contribution in [3.63, 3.8) is 0 Å². The maximum Gasteiger partial charge on any atom is 0.291 e. The molecule has 172 valence electrons. The quantitative estimate of drug-likeness (QED) is 0.526. The minimum atomic E-state index is -0.300. The number of benzene rings is 1. The van der Waals surface area contributed by atoms with Gasteiger partial charge in [0.2, 0.25) is 11.7 Å². The molecule has 3 aromatic rings. The van der Waals surface area contributed by atoms with Crippen LogP contribution in [-0.4, -0.2) is 66.2 Å². The fourth-order valence-corrected chi connectivity index (χ4v) is 4.55. The summed E-state index contributed by atoms with van der Waals surface area (Å²) in [5.74, 6) is 0.852. The maximum atomic E-state index is 13.2. The third kappa shape index (κ3) is 4.47. The van der Waals surface area contributed by atoms with Crippen LogP contribution in [0.4, 0.5) is 0 Å². The summed E-state index contributed by atoms with van der Waals surface area (Å²) in [7, 11) is 4.56. The number of hydrazine groups is 1. The third-order valence-electron chi connectivity index (χ3n) is 5.31. The highest BCUT2D eigenvalue weighted by atomic mass is 32.1. The predicted octanol–water partition coefficient (Wildman–Crippen LogP) is 3.06. The first-order valence-electron chi connectivity index (χ1n) is 10.3. The second-order valence-corrected chi connectivity index (χ2v) is 8.11. The molecular formula is C23H24N4O5S. The molecule has 9 nitrogen and oxygen atoms in total. The number of amides is 2. The Hall–Kier alpha value is -3.66. The molecule has 0 bridgehead atoms. The molecule has 0 N–H and O–H groups in total. The monoisotopic (exact) mass is 468 g/mol. The van der Waals surface area contributed by atoms with E-state index in [-0.39, 0.29) is 18.2 Å². The molecule has 0 saturated carbocycles. The van der Waals surface area contributed by atoms with Crippen molar-refractivity contribution in [1.29, 1.82) is 0 Å². The number of aromatic nitrogens is 2. The first kappa shape index (κ1) is 22.5. The van der Waals surface area contributed by atoms with Gasteiger partial charge in [0.15, 0.2) is 11.5 Å². The maximum absolute atomic E-state index is 13.2. The molecule has 2 aromatic heterocycles. The van der Waals surface area contributed by atoms with E-state index in [0.717, 1.165) is 5.56 Å². The number of hydrogen-bond acceptors (Lipinski definition) is 8. The van der Waals surface area contributed by atoms with Crippen molar-refractivity contribution in [3.05, 3.63) is 53.3 Å². The lowest BCUT2D eigenvalue weighted by Gasteiger charge is -2.27. The van der Waals surface area contributed by atoms with Crippen LogP contribution in [-0.2, 0) is 11.2 Å². The fraction of sp³-hybridized carbons (Fsp3) is 0.304. The van der Waals surface area contributed by atoms with E-state index >= 15 is 0 Å². The van der Waals surface area contributed by atoms with E-state index in [1.807, 2.05) is 12.1 Å². The van der Waals surface area contributed by atoms with E-state index in [9.17, 15) is 9.59 Å². The van der Waals surface area contributed by atoms with Crippen LogP contribution < -0.4 is 14.2 Å². The van der Waals surface area contributed by atoms with Crippen LogP contribution in [0.25, 0.3) is 10.6 Å². The smallest absolute Gasteiger partial charge is 0.291 e. The minimum absolute atomic E-state index is 0.0469. The molecule has 0 radical (unpaired) electrons. The Labute approximate surface area is 195 Å². The van der Waals surface area contributed by atoms with Gasteiger partial charge in [0.25, 0.3) is 5.91 Å². The molecule has 2 amide bonds. The Morgan fingerprint density at radius 3 is 2.52 bits per heavy atom. The Bertz CT molecular complexity index is 1150. The van der Waals surface area contributed by atoms with Crippen LogP contribution in [0.15, 0.2) is 42.0 Å². The van der Waals surface area contributed by atoms with Gasteiger partial charge < -0.3 is 14.2 Å². The number of carbonyl (C=O) groups is 2. The third-order valence-corrected chi connectivity index (χ3v) is 6.20. The van der Waals surface area contributed by atoms with Gasteiger partial charge in [-0.2, -0.15) is 0 Å². The lowest BCUT2D eigenvalue weighted by Crippen LogP contribution is -2.45. The van der Waals surface area contributed by atoms with E-state index in [2.05, 4.69) is 9.97 Å². The van der Waals surface area contributed by atoms with Gasteiger partial charge in [-0.3, -0.25) is 19.6 Å². The summed E-state index contributed by atoms with van der Waals surface area (Å²) in [6.07, 6.45) is 4.13. The van der Waals surface area contributed by atoms with E-state index < -0.39 is 0 Å². The number of hydrogen-bond donors (Lipinski definition) is 0. The summed E-state index contributed by atoms with van der Waals surface area (Å²) in [6.45, 7) is 0.910. The average molecular weight is 469 g/mol. The molecule has 1 aromatic carbocycles. The van der Waals surface area contributed by atoms with Gasteiger partial charge >= 0.3 is 0 Å². The van der Waals surface area contributed by atoms with E-state index in [1.54, 1.807) is 29.9 Å². The van der Waals surface area contributed by atoms with Gasteiger partial charge in [0.1, 0.15) is 10.7 Å². The molecule has 0 unspecified atom stereocenters. The normalized spacial score (nSPS) is 13.2. The number of ether oxygens (including phenoxy) is 3. The number of methoxy groups -OCH3 is 3. The van der Waals surface area contributed by atoms with Gasteiger partial charge in [0.05, 0.1) is 27.8 Å². The van der Waals surface area contributed by atoms with Crippen molar-refractivity contribution < 1.29 is 23.8 Å². The van der Waals surface area contributed by atoms with Crippen LogP contribution >= 0.6 is 11.3 Å². The second kappa shape index (κ2) is 9.86. The van der Waals surface area contributed by atoms with Gasteiger partial charge in [-0.25, -0.2) is 9.99 Å². The molecule has 1 saturated heterocycles. The molecule has 33 heavy (non-hydrogen) atoms. The topological polar surface area (TPSA) is 94.1 Å². The van der Waals surface area contributed by atoms with E-state index in [0.29, 0.717) is 53.0 Å². The molecule has 1 aliphatic heterocycles. The molecule has 0 aliphatic carbocycles. The minimum Gasteiger partial charge on any atom is -0.493 e. The van der Waals surface area contributed by atoms with Gasteiger partial charge in [0, 0.05) is 42.0 Å². The van der Waals surface area contributed by atoms with Crippen molar-refractivity contribution in [2.75, 3.05) is 34.4 Å². The van der Waals surface area contributed by atoms with Crippen LogP contribution in [0.2, 0.25) is 0 Å². The molecule has 3 heterocycles. The highest BCUT2D eigenvalue weighted by Crippen LogP contribution is 2.40. The average Bonchev–Trinajstić information content (AvgIpc) is 3.54. The fourth-order valence-electron chi connectivity index (χ4n) is 3.76. The molecule has 4 rings (SSSR count). The van der Waals surface area contributed by atoms with Gasteiger partial charge in [-0.15, -0.1) is 11.3 Å². The largest absolute Gasteiger partial charge is 0.493 e. The second-order valence-electron chi connectivity index (χ2n) is 7.25. The summed E-state index contributed by atoms with van der Waals surface area (Å²) in [6, 6.07) is 7.21. The van der Waals surface area contributed by atoms with E-state index in [4.69, 9.17) is 14.2 Å². The number of carbonyl (C=O) groups excluding carboxylic acids is 2. The Morgan fingerprint density at radius 1 is 1.03 bits per heavy atom. The molecule has 10 heteroatoms. The molecule has 0 atom stereocenters. The number of thiazole rings is 1. The lowest BCUT2D eigenvalue weighted by molar-refractivity contribution is -0.139. The van der Waals surface area contributed by atoms with Crippen LogP contribution in [0.5, 0.6) is 17.2 Å². The molecule has 1 aliphatic rings. The zero-order chi connectivity index (χ0) is 23.4. The van der Waals surface area contributed by atoms with Crippen molar-refractivity contribution in [2.24, 2.45) is 0 Å². The highest BCUT2D eigenvalue weighted by Gasteiger charge is 2.33. The Morgan fingerprint density at radius 2 is 1.82 bits per heavy atom. The Balaban J connectivity index is 1.52. The van der Waals surface area contributed by atoms with Gasteiger partial charge in [-0.05, 0) is 24.6 Å². The molecule has 1 fully saturated rings. The van der Waals surface area contributed by atoms with Crippen LogP contribution in [0.3, 0.4) is 0 Å². The first-order valence-corrected chi connectivity index (χ1v) is 11.2. The number of nitrogens with zero attached hydrogens (tertiary/aromatic N) is 4. The van der Waals surface area contributed by atoms with Crippen LogP contribution in [0.1, 0.15) is 22.5 Å². The van der Waals surface area contributed by atoms with Crippen LogP contribution in [0, 0.1) is 0 Å². The zero-order valence-electron chi connectivity index (χ0n) is 18.6. The summed E-state index contributed by atoms with van der Waals surface area (Å²) in [4.78, 5) is 34.9. The Kier molecular flexibility index (Phi) is 6.74. The summed E-state index contributed by atoms with van der Waals surface area (Å²) >= 11 is 1.37. The number of rotatable bonds is 7. The van der Waals surface area contributed by atoms with Crippen molar-refractivity contribution in [2.45, 2.75) is 12.8 Å². The highest BCUT2D eigenvalue weighted by molar-refractivity contribution is 7.13. The number of pyridine rings is 1.